The summed E-state index contributed by atoms with van der Waals surface area (Å²) in [6.45, 7) is 7.18. The Morgan fingerprint density at radius 2 is 1.88 bits per heavy atom. The molecule has 0 saturated heterocycles. The minimum atomic E-state index is -0.862. The van der Waals surface area contributed by atoms with Crippen LogP contribution in [0, 0.1) is 19.8 Å². The molecule has 8 heteroatoms. The molecule has 0 bridgehead atoms. The van der Waals surface area contributed by atoms with Gasteiger partial charge in [0.25, 0.3) is 0 Å². The van der Waals surface area contributed by atoms with Crippen LogP contribution in [-0.4, -0.2) is 40.2 Å². The highest BCUT2D eigenvalue weighted by Crippen LogP contribution is 2.32. The van der Waals surface area contributed by atoms with Crippen molar-refractivity contribution in [2.75, 3.05) is 13.2 Å². The van der Waals surface area contributed by atoms with E-state index in [4.69, 9.17) is 13.9 Å². The van der Waals surface area contributed by atoms with Crippen LogP contribution in [0.1, 0.15) is 60.7 Å². The molecule has 1 aliphatic heterocycles. The van der Waals surface area contributed by atoms with Gasteiger partial charge in [0, 0.05) is 37.1 Å². The number of aliphatic carboxylic acids is 1. The van der Waals surface area contributed by atoms with E-state index in [1.807, 2.05) is 56.3 Å². The second kappa shape index (κ2) is 15.9. The summed E-state index contributed by atoms with van der Waals surface area (Å²) < 4.78 is 17.6. The summed E-state index contributed by atoms with van der Waals surface area (Å²) in [5.41, 5.74) is 4.64. The number of para-hydroxylation sites is 1. The maximum atomic E-state index is 12.9. The standard InChI is InChI=1S/C32H36N2O6.C2H2/c1-4-5-7-10-22(2)31-33-28(23(3)39-31)18-20-38-29-15-13-24(14-16-30(35)36)27-21-34(19-17-26(27)29)32(37)40-25-11-8-6-9-12-25;1-2/h5-13,15H,4,14,16-21H2,1-3H3,(H,35,36);1-2H/b7-5-,22-10+;. The lowest BCUT2D eigenvalue weighted by atomic mass is 9.92. The SMILES string of the molecule is C#C.CC/C=C\C=C(/C)c1nc(CCOc2ccc(CCC(=O)O)c3c2CCN(C(=O)Oc2ccccc2)C3)c(C)o1. The van der Waals surface area contributed by atoms with Crippen LogP contribution in [0.4, 0.5) is 4.79 Å². The number of amides is 1. The molecule has 2 aromatic carbocycles. The second-order valence-electron chi connectivity index (χ2n) is 9.73. The quantitative estimate of drug-likeness (QED) is 0.200. The molecule has 0 saturated carbocycles. The molecule has 0 fully saturated rings. The van der Waals surface area contributed by atoms with Crippen LogP contribution >= 0.6 is 0 Å². The molecule has 0 aliphatic carbocycles. The van der Waals surface area contributed by atoms with Gasteiger partial charge in [-0.25, -0.2) is 9.78 Å². The van der Waals surface area contributed by atoms with Crippen molar-refractivity contribution in [1.82, 2.24) is 9.88 Å². The van der Waals surface area contributed by atoms with Crippen molar-refractivity contribution in [3.05, 3.63) is 94.7 Å². The Labute approximate surface area is 247 Å². The summed E-state index contributed by atoms with van der Waals surface area (Å²) in [7, 11) is 0. The first kappa shape index (κ1) is 31.8. The van der Waals surface area contributed by atoms with Gasteiger partial charge in [0.05, 0.1) is 12.3 Å². The van der Waals surface area contributed by atoms with Crippen LogP contribution in [-0.2, 0) is 30.6 Å². The van der Waals surface area contributed by atoms with Crippen LogP contribution < -0.4 is 9.47 Å². The molecule has 0 atom stereocenters. The fourth-order valence-corrected chi connectivity index (χ4v) is 4.63. The number of nitrogens with zero attached hydrogens (tertiary/aromatic N) is 2. The number of rotatable bonds is 11. The summed E-state index contributed by atoms with van der Waals surface area (Å²) in [5, 5.41) is 9.24. The first-order valence-corrected chi connectivity index (χ1v) is 14.0. The first-order valence-electron chi connectivity index (χ1n) is 14.0. The van der Waals surface area contributed by atoms with Crippen molar-refractivity contribution in [2.45, 2.75) is 59.4 Å². The Bertz CT molecular complexity index is 1430. The Morgan fingerprint density at radius 1 is 1.12 bits per heavy atom. The highest BCUT2D eigenvalue weighted by Gasteiger charge is 2.27. The van der Waals surface area contributed by atoms with E-state index in [-0.39, 0.29) is 6.42 Å². The second-order valence-corrected chi connectivity index (χ2v) is 9.73. The van der Waals surface area contributed by atoms with Crippen LogP contribution in [0.15, 0.2) is 65.1 Å². The molecular formula is C34H38N2O6. The van der Waals surface area contributed by atoms with Crippen molar-refractivity contribution in [3.8, 4) is 24.3 Å². The Balaban J connectivity index is 0.00000237. The van der Waals surface area contributed by atoms with Crippen molar-refractivity contribution in [2.24, 2.45) is 0 Å². The van der Waals surface area contributed by atoms with Gasteiger partial charge in [0.2, 0.25) is 5.89 Å². The number of fused-ring (bicyclic) bond motifs is 1. The molecule has 3 aromatic rings. The number of hydrogen-bond donors (Lipinski definition) is 1. The average Bonchev–Trinajstić information content (AvgIpc) is 3.38. The molecule has 4 rings (SSSR count). The number of carboxylic acids is 1. The van der Waals surface area contributed by atoms with Crippen molar-refractivity contribution in [1.29, 1.82) is 0 Å². The van der Waals surface area contributed by atoms with E-state index in [9.17, 15) is 14.7 Å². The highest BCUT2D eigenvalue weighted by atomic mass is 16.6. The van der Waals surface area contributed by atoms with Crippen LogP contribution in [0.3, 0.4) is 0 Å². The maximum absolute atomic E-state index is 12.9. The highest BCUT2D eigenvalue weighted by molar-refractivity contribution is 5.72. The van der Waals surface area contributed by atoms with E-state index < -0.39 is 12.1 Å². The number of hydrogen-bond acceptors (Lipinski definition) is 6. The van der Waals surface area contributed by atoms with Gasteiger partial charge in [-0.05, 0) is 62.4 Å². The molecular weight excluding hydrogens is 532 g/mol. The number of aromatic nitrogens is 1. The van der Waals surface area contributed by atoms with Gasteiger partial charge in [-0.3, -0.25) is 4.79 Å². The number of ether oxygens (including phenoxy) is 2. The molecule has 1 amide bonds. The smallest absolute Gasteiger partial charge is 0.415 e. The largest absolute Gasteiger partial charge is 0.493 e. The minimum Gasteiger partial charge on any atom is -0.493 e. The zero-order chi connectivity index (χ0) is 30.5. The number of carbonyl (C=O) groups is 2. The Hall–Kier alpha value is -4.77. The number of aryl methyl sites for hydroxylation is 2. The first-order chi connectivity index (χ1) is 20.4. The van der Waals surface area contributed by atoms with Crippen LogP contribution in [0.25, 0.3) is 5.57 Å². The van der Waals surface area contributed by atoms with E-state index in [2.05, 4.69) is 30.8 Å². The normalized spacial score (nSPS) is 12.8. The molecule has 0 unspecified atom stereocenters. The lowest BCUT2D eigenvalue weighted by Crippen LogP contribution is -2.38. The molecule has 220 valence electrons. The summed E-state index contributed by atoms with van der Waals surface area (Å²) >= 11 is 0. The number of carboxylic acid groups (broad SMARTS) is 1. The number of carbonyl (C=O) groups excluding carboxylic acids is 1. The third kappa shape index (κ3) is 8.61. The average molecular weight is 571 g/mol. The van der Waals surface area contributed by atoms with Gasteiger partial charge in [0.1, 0.15) is 17.3 Å². The number of benzene rings is 2. The molecule has 2 heterocycles. The Kier molecular flexibility index (Phi) is 12.0. The molecule has 1 aliphatic rings. The van der Waals surface area contributed by atoms with Crippen molar-refractivity contribution in [3.63, 3.8) is 0 Å². The van der Waals surface area contributed by atoms with E-state index >= 15 is 0 Å². The topological polar surface area (TPSA) is 102 Å². The summed E-state index contributed by atoms with van der Waals surface area (Å²) in [5.74, 6) is 1.74. The number of oxazole rings is 1. The molecule has 1 aromatic heterocycles. The molecule has 8 nitrogen and oxygen atoms in total. The molecule has 0 spiro atoms. The fourth-order valence-electron chi connectivity index (χ4n) is 4.63. The van der Waals surface area contributed by atoms with Gasteiger partial charge < -0.3 is 23.9 Å². The number of terminal acetylenes is 1. The third-order valence-corrected chi connectivity index (χ3v) is 6.83. The van der Waals surface area contributed by atoms with Gasteiger partial charge in [-0.1, -0.05) is 49.4 Å². The fraction of sp³-hybridized carbons (Fsp3) is 0.324. The molecule has 42 heavy (non-hydrogen) atoms. The lowest BCUT2D eigenvalue weighted by Gasteiger charge is -2.31. The van der Waals surface area contributed by atoms with Crippen LogP contribution in [0.5, 0.6) is 11.5 Å². The molecule has 1 N–H and O–H groups in total. The third-order valence-electron chi connectivity index (χ3n) is 6.83. The predicted octanol–water partition coefficient (Wildman–Crippen LogP) is 6.80. The summed E-state index contributed by atoms with van der Waals surface area (Å²) in [4.78, 5) is 30.5. The zero-order valence-corrected chi connectivity index (χ0v) is 24.5. The van der Waals surface area contributed by atoms with Gasteiger partial charge in [-0.15, -0.1) is 12.8 Å². The van der Waals surface area contributed by atoms with Crippen molar-refractivity contribution >= 4 is 17.6 Å². The zero-order valence-electron chi connectivity index (χ0n) is 24.5. The Morgan fingerprint density at radius 3 is 2.60 bits per heavy atom. The van der Waals surface area contributed by atoms with Gasteiger partial charge in [0.15, 0.2) is 0 Å². The predicted molar refractivity (Wildman–Crippen MR) is 162 cm³/mol. The summed E-state index contributed by atoms with van der Waals surface area (Å²) in [6.07, 6.45) is 16.2. The monoisotopic (exact) mass is 570 g/mol. The van der Waals surface area contributed by atoms with E-state index in [1.54, 1.807) is 17.0 Å². The minimum absolute atomic E-state index is 0.0109. The molecule has 0 radical (unpaired) electrons. The van der Waals surface area contributed by atoms with E-state index in [0.29, 0.717) is 50.6 Å². The lowest BCUT2D eigenvalue weighted by molar-refractivity contribution is -0.136. The van der Waals surface area contributed by atoms with Gasteiger partial charge in [-0.2, -0.15) is 0 Å². The summed E-state index contributed by atoms with van der Waals surface area (Å²) in [6, 6.07) is 12.8. The number of allylic oxidation sites excluding steroid dienone is 4. The van der Waals surface area contributed by atoms with Gasteiger partial charge >= 0.3 is 12.1 Å². The van der Waals surface area contributed by atoms with E-state index in [1.165, 1.54) is 0 Å². The van der Waals surface area contributed by atoms with E-state index in [0.717, 1.165) is 45.9 Å². The van der Waals surface area contributed by atoms with Crippen molar-refractivity contribution < 1.29 is 28.6 Å². The maximum Gasteiger partial charge on any atom is 0.415 e. The van der Waals surface area contributed by atoms with Crippen LogP contribution in [0.2, 0.25) is 0 Å².